The molecule has 3 nitrogen and oxygen atoms in total. The Hall–Kier alpha value is -0.350. The molecule has 5 heteroatoms. The summed E-state index contributed by atoms with van der Waals surface area (Å²) in [6.07, 6.45) is 9.55. The number of hydrogen-bond donors (Lipinski definition) is 1. The van der Waals surface area contributed by atoms with E-state index in [1.165, 1.54) is 32.1 Å². The van der Waals surface area contributed by atoms with Crippen LogP contribution in [0.1, 0.15) is 45.4 Å². The van der Waals surface area contributed by atoms with E-state index in [4.69, 9.17) is 11.6 Å². The van der Waals surface area contributed by atoms with Gasteiger partial charge < -0.3 is 5.32 Å². The highest BCUT2D eigenvalue weighted by atomic mass is 79.9. The Kier molecular flexibility index (Phi) is 5.25. The minimum absolute atomic E-state index is 0.291. The molecule has 0 radical (unpaired) electrons. The van der Waals surface area contributed by atoms with Gasteiger partial charge in [-0.3, -0.25) is 0 Å². The van der Waals surface area contributed by atoms with Crippen LogP contribution in [-0.4, -0.2) is 16.0 Å². The highest BCUT2D eigenvalue weighted by molar-refractivity contribution is 9.10. The van der Waals surface area contributed by atoms with E-state index in [0.29, 0.717) is 11.3 Å². The van der Waals surface area contributed by atoms with E-state index in [9.17, 15) is 0 Å². The first-order valence-electron chi connectivity index (χ1n) is 6.65. The maximum atomic E-state index is 5.85. The summed E-state index contributed by atoms with van der Waals surface area (Å²) in [7, 11) is 0. The van der Waals surface area contributed by atoms with Crippen LogP contribution in [0.25, 0.3) is 0 Å². The van der Waals surface area contributed by atoms with Crippen LogP contribution in [0, 0.1) is 5.92 Å². The predicted molar refractivity (Wildman–Crippen MR) is 79.0 cm³/mol. The zero-order valence-corrected chi connectivity index (χ0v) is 13.0. The van der Waals surface area contributed by atoms with E-state index in [0.717, 1.165) is 22.6 Å². The van der Waals surface area contributed by atoms with Crippen molar-refractivity contribution >= 4 is 33.3 Å². The second-order valence-corrected chi connectivity index (χ2v) is 6.09. The van der Waals surface area contributed by atoms with E-state index in [2.05, 4.69) is 38.1 Å². The average molecular weight is 333 g/mol. The lowest BCUT2D eigenvalue weighted by molar-refractivity contribution is 0.312. The van der Waals surface area contributed by atoms with Crippen molar-refractivity contribution in [1.82, 2.24) is 9.97 Å². The van der Waals surface area contributed by atoms with E-state index in [1.807, 2.05) is 0 Å². The fourth-order valence-electron chi connectivity index (χ4n) is 2.71. The van der Waals surface area contributed by atoms with Crippen molar-refractivity contribution in [2.75, 3.05) is 5.32 Å². The van der Waals surface area contributed by atoms with Crippen molar-refractivity contribution in [1.29, 1.82) is 0 Å². The lowest BCUT2D eigenvalue weighted by Gasteiger charge is -2.30. The Bertz CT molecular complexity index is 394. The molecule has 1 N–H and O–H groups in total. The van der Waals surface area contributed by atoms with Gasteiger partial charge in [0.05, 0.1) is 4.47 Å². The van der Waals surface area contributed by atoms with Crippen LogP contribution in [0.15, 0.2) is 10.7 Å². The van der Waals surface area contributed by atoms with Gasteiger partial charge in [0.15, 0.2) is 0 Å². The van der Waals surface area contributed by atoms with Gasteiger partial charge >= 0.3 is 0 Å². The highest BCUT2D eigenvalue weighted by Gasteiger charge is 2.23. The number of anilines is 1. The first-order chi connectivity index (χ1) is 8.70. The standard InChI is InChI=1S/C13H19BrClN3/c1-2-11(9-6-4-3-5-7-9)17-12-10(14)8-16-13(15)18-12/h8-9,11H,2-7H2,1H3,(H,16,17,18). The molecule has 1 aliphatic carbocycles. The molecule has 0 spiro atoms. The summed E-state index contributed by atoms with van der Waals surface area (Å²) in [6.45, 7) is 2.23. The van der Waals surface area contributed by atoms with Gasteiger partial charge in [-0.05, 0) is 52.7 Å². The number of halogens is 2. The Balaban J connectivity index is 2.06. The summed E-state index contributed by atoms with van der Waals surface area (Å²) in [5.41, 5.74) is 0. The quantitative estimate of drug-likeness (QED) is 0.815. The van der Waals surface area contributed by atoms with Gasteiger partial charge in [0.25, 0.3) is 0 Å². The monoisotopic (exact) mass is 331 g/mol. The number of nitrogens with zero attached hydrogens (tertiary/aromatic N) is 2. The second kappa shape index (κ2) is 6.71. The summed E-state index contributed by atoms with van der Waals surface area (Å²) < 4.78 is 0.876. The Morgan fingerprint density at radius 2 is 2.17 bits per heavy atom. The van der Waals surface area contributed by atoms with Gasteiger partial charge in [0, 0.05) is 12.2 Å². The molecule has 1 aromatic rings. The zero-order chi connectivity index (χ0) is 13.0. The van der Waals surface area contributed by atoms with Gasteiger partial charge in [0.2, 0.25) is 5.28 Å². The summed E-state index contributed by atoms with van der Waals surface area (Å²) in [6, 6.07) is 0.479. The number of nitrogens with one attached hydrogen (secondary N) is 1. The molecule has 1 aromatic heterocycles. The van der Waals surface area contributed by atoms with Crippen LogP contribution in [0.2, 0.25) is 5.28 Å². The largest absolute Gasteiger partial charge is 0.366 e. The van der Waals surface area contributed by atoms with Crippen LogP contribution >= 0.6 is 27.5 Å². The third kappa shape index (κ3) is 3.58. The molecule has 0 bridgehead atoms. The van der Waals surface area contributed by atoms with Gasteiger partial charge in [0.1, 0.15) is 5.82 Å². The Morgan fingerprint density at radius 3 is 2.83 bits per heavy atom. The molecule has 1 atom stereocenters. The lowest BCUT2D eigenvalue weighted by Crippen LogP contribution is -2.30. The van der Waals surface area contributed by atoms with Gasteiger partial charge in [-0.25, -0.2) is 4.98 Å². The van der Waals surface area contributed by atoms with Crippen molar-refractivity contribution in [2.24, 2.45) is 5.92 Å². The molecule has 100 valence electrons. The molecule has 1 unspecified atom stereocenters. The molecule has 18 heavy (non-hydrogen) atoms. The molecule has 0 aromatic carbocycles. The van der Waals surface area contributed by atoms with Crippen molar-refractivity contribution in [2.45, 2.75) is 51.5 Å². The summed E-state index contributed by atoms with van der Waals surface area (Å²) in [5, 5.41) is 3.82. The normalized spacial score (nSPS) is 18.6. The second-order valence-electron chi connectivity index (χ2n) is 4.89. The SMILES string of the molecule is CCC(Nc1nc(Cl)ncc1Br)C1CCCCC1. The van der Waals surface area contributed by atoms with E-state index >= 15 is 0 Å². The topological polar surface area (TPSA) is 37.8 Å². The molecule has 1 aliphatic rings. The summed E-state index contributed by atoms with van der Waals surface area (Å²) >= 11 is 9.31. The number of rotatable bonds is 4. The van der Waals surface area contributed by atoms with Crippen LogP contribution in [-0.2, 0) is 0 Å². The first-order valence-corrected chi connectivity index (χ1v) is 7.82. The average Bonchev–Trinajstić information content (AvgIpc) is 2.41. The molecule has 1 fully saturated rings. The lowest BCUT2D eigenvalue weighted by atomic mass is 9.83. The molecular formula is C13H19BrClN3. The summed E-state index contributed by atoms with van der Waals surface area (Å²) in [4.78, 5) is 8.20. The van der Waals surface area contributed by atoms with Crippen LogP contribution in [0.5, 0.6) is 0 Å². The number of hydrogen-bond acceptors (Lipinski definition) is 3. The van der Waals surface area contributed by atoms with Crippen LogP contribution in [0.3, 0.4) is 0 Å². The van der Waals surface area contributed by atoms with Crippen molar-refractivity contribution in [3.8, 4) is 0 Å². The first kappa shape index (κ1) is 14.1. The molecule has 0 aliphatic heterocycles. The van der Waals surface area contributed by atoms with Crippen molar-refractivity contribution in [3.63, 3.8) is 0 Å². The van der Waals surface area contributed by atoms with Gasteiger partial charge in [-0.2, -0.15) is 4.98 Å². The Morgan fingerprint density at radius 1 is 1.44 bits per heavy atom. The van der Waals surface area contributed by atoms with E-state index in [1.54, 1.807) is 6.20 Å². The fourth-order valence-corrected chi connectivity index (χ4v) is 3.15. The molecule has 0 amide bonds. The smallest absolute Gasteiger partial charge is 0.224 e. The third-order valence-corrected chi connectivity index (χ3v) is 4.46. The molecule has 1 saturated carbocycles. The fraction of sp³-hybridized carbons (Fsp3) is 0.692. The summed E-state index contributed by atoms with van der Waals surface area (Å²) in [5.74, 6) is 1.57. The highest BCUT2D eigenvalue weighted by Crippen LogP contribution is 2.30. The minimum atomic E-state index is 0.291. The predicted octanol–water partition coefficient (Wildman–Crippen LogP) is 4.66. The molecular weight excluding hydrogens is 314 g/mol. The third-order valence-electron chi connectivity index (χ3n) is 3.70. The van der Waals surface area contributed by atoms with Gasteiger partial charge in [-0.15, -0.1) is 0 Å². The van der Waals surface area contributed by atoms with Crippen LogP contribution in [0.4, 0.5) is 5.82 Å². The number of aromatic nitrogens is 2. The van der Waals surface area contributed by atoms with E-state index in [-0.39, 0.29) is 0 Å². The van der Waals surface area contributed by atoms with E-state index < -0.39 is 0 Å². The van der Waals surface area contributed by atoms with Crippen molar-refractivity contribution < 1.29 is 0 Å². The van der Waals surface area contributed by atoms with Crippen LogP contribution < -0.4 is 5.32 Å². The Labute approximate surface area is 122 Å². The maximum absolute atomic E-state index is 5.85. The zero-order valence-electron chi connectivity index (χ0n) is 10.6. The molecule has 2 rings (SSSR count). The van der Waals surface area contributed by atoms with Gasteiger partial charge in [-0.1, -0.05) is 26.2 Å². The molecule has 1 heterocycles. The minimum Gasteiger partial charge on any atom is -0.366 e. The van der Waals surface area contributed by atoms with Crippen molar-refractivity contribution in [3.05, 3.63) is 16.0 Å². The molecule has 0 saturated heterocycles. The maximum Gasteiger partial charge on any atom is 0.224 e.